The summed E-state index contributed by atoms with van der Waals surface area (Å²) in [6, 6.07) is 5.48. The first-order valence-electron chi connectivity index (χ1n) is 5.11. The van der Waals surface area contributed by atoms with E-state index in [1.807, 2.05) is 0 Å². The number of rotatable bonds is 3. The molecule has 0 saturated carbocycles. The number of nitrogens with zero attached hydrogens (tertiary/aromatic N) is 2. The van der Waals surface area contributed by atoms with Crippen molar-refractivity contribution in [2.75, 3.05) is 11.1 Å². The average Bonchev–Trinajstić information content (AvgIpc) is 2.76. The Bertz CT molecular complexity index is 629. The number of benzene rings is 1. The first-order chi connectivity index (χ1) is 9.37. The molecule has 106 valence electrons. The fourth-order valence-corrected chi connectivity index (χ4v) is 1.94. The molecule has 0 radical (unpaired) electrons. The van der Waals surface area contributed by atoms with Gasteiger partial charge < -0.3 is 11.1 Å². The Morgan fingerprint density at radius 1 is 1.30 bits per heavy atom. The SMILES string of the molecule is Nc1nonc1C(=O)Nc1ccccc1SC(F)(F)F. The number of halogens is 3. The van der Waals surface area contributed by atoms with Gasteiger partial charge in [0, 0.05) is 4.90 Å². The van der Waals surface area contributed by atoms with Crippen molar-refractivity contribution in [2.24, 2.45) is 0 Å². The van der Waals surface area contributed by atoms with Crippen LogP contribution in [0, 0.1) is 0 Å². The minimum absolute atomic E-state index is 0.0118. The van der Waals surface area contributed by atoms with E-state index < -0.39 is 11.4 Å². The van der Waals surface area contributed by atoms with E-state index in [4.69, 9.17) is 5.73 Å². The number of nitrogens with two attached hydrogens (primary N) is 1. The number of aromatic nitrogens is 2. The lowest BCUT2D eigenvalue weighted by molar-refractivity contribution is -0.0328. The average molecular weight is 304 g/mol. The Morgan fingerprint density at radius 3 is 2.60 bits per heavy atom. The van der Waals surface area contributed by atoms with Crippen molar-refractivity contribution in [1.29, 1.82) is 0 Å². The lowest BCUT2D eigenvalue weighted by Crippen LogP contribution is -2.15. The van der Waals surface area contributed by atoms with Crippen LogP contribution in [0.15, 0.2) is 33.8 Å². The molecular formula is C10H7F3N4O2S. The molecule has 0 atom stereocenters. The Morgan fingerprint density at radius 2 is 2.00 bits per heavy atom. The Labute approximate surface area is 114 Å². The number of anilines is 2. The van der Waals surface area contributed by atoms with Crippen LogP contribution in [0.25, 0.3) is 0 Å². The number of carbonyl (C=O) groups is 1. The van der Waals surface area contributed by atoms with E-state index >= 15 is 0 Å². The van der Waals surface area contributed by atoms with Crippen LogP contribution >= 0.6 is 11.8 Å². The van der Waals surface area contributed by atoms with Gasteiger partial charge in [-0.3, -0.25) is 4.79 Å². The third kappa shape index (κ3) is 3.41. The Kier molecular flexibility index (Phi) is 3.84. The predicted octanol–water partition coefficient (Wildman–Crippen LogP) is 2.52. The predicted molar refractivity (Wildman–Crippen MR) is 65.0 cm³/mol. The Hall–Kier alpha value is -2.23. The van der Waals surface area contributed by atoms with Crippen molar-refractivity contribution >= 4 is 29.2 Å². The Balaban J connectivity index is 2.22. The second kappa shape index (κ2) is 5.41. The van der Waals surface area contributed by atoms with Crippen molar-refractivity contribution in [1.82, 2.24) is 10.3 Å². The molecule has 20 heavy (non-hydrogen) atoms. The minimum Gasteiger partial charge on any atom is -0.379 e. The zero-order valence-corrected chi connectivity index (χ0v) is 10.5. The number of alkyl halides is 3. The summed E-state index contributed by atoms with van der Waals surface area (Å²) >= 11 is -0.335. The van der Waals surface area contributed by atoms with Gasteiger partial charge in [0.05, 0.1) is 5.69 Å². The van der Waals surface area contributed by atoms with E-state index in [9.17, 15) is 18.0 Å². The summed E-state index contributed by atoms with van der Waals surface area (Å²) in [6.45, 7) is 0. The number of hydrogen-bond donors (Lipinski definition) is 2. The zero-order chi connectivity index (χ0) is 14.8. The molecule has 10 heteroatoms. The van der Waals surface area contributed by atoms with Gasteiger partial charge in [0.25, 0.3) is 5.91 Å². The molecule has 0 unspecified atom stereocenters. The molecule has 1 heterocycles. The van der Waals surface area contributed by atoms with Crippen LogP contribution in [0.2, 0.25) is 0 Å². The van der Waals surface area contributed by atoms with Crippen LogP contribution in [-0.4, -0.2) is 21.7 Å². The number of carbonyl (C=O) groups excluding carboxylic acids is 1. The molecule has 0 saturated heterocycles. The molecule has 1 aromatic heterocycles. The molecule has 0 bridgehead atoms. The van der Waals surface area contributed by atoms with E-state index in [0.29, 0.717) is 0 Å². The third-order valence-corrected chi connectivity index (χ3v) is 2.90. The van der Waals surface area contributed by atoms with Gasteiger partial charge in [0.15, 0.2) is 0 Å². The number of hydrogen-bond acceptors (Lipinski definition) is 6. The highest BCUT2D eigenvalue weighted by Gasteiger charge is 2.30. The van der Waals surface area contributed by atoms with Crippen LogP contribution in [0.1, 0.15) is 10.5 Å². The smallest absolute Gasteiger partial charge is 0.379 e. The number of nitrogen functional groups attached to an aromatic ring is 1. The van der Waals surface area contributed by atoms with Gasteiger partial charge in [-0.25, -0.2) is 4.63 Å². The topological polar surface area (TPSA) is 94.0 Å². The van der Waals surface area contributed by atoms with E-state index in [1.54, 1.807) is 0 Å². The summed E-state index contributed by atoms with van der Waals surface area (Å²) in [4.78, 5) is 11.6. The van der Waals surface area contributed by atoms with Gasteiger partial charge in [-0.1, -0.05) is 12.1 Å². The van der Waals surface area contributed by atoms with Crippen molar-refractivity contribution in [3.05, 3.63) is 30.0 Å². The molecule has 0 fully saturated rings. The maximum atomic E-state index is 12.4. The quantitative estimate of drug-likeness (QED) is 0.846. The number of thioether (sulfide) groups is 1. The normalized spacial score (nSPS) is 11.3. The highest BCUT2D eigenvalue weighted by Crippen LogP contribution is 2.40. The van der Waals surface area contributed by atoms with Crippen LogP contribution in [0.5, 0.6) is 0 Å². The van der Waals surface area contributed by atoms with E-state index in [0.717, 1.165) is 0 Å². The van der Waals surface area contributed by atoms with Gasteiger partial charge >= 0.3 is 5.51 Å². The standard InChI is InChI=1S/C10H7F3N4O2S/c11-10(12,13)20-6-4-2-1-3-5(6)15-9(18)7-8(14)17-19-16-7/h1-4H,(H2,14,17)(H,15,18). The van der Waals surface area contributed by atoms with Gasteiger partial charge in [-0.15, -0.1) is 0 Å². The van der Waals surface area contributed by atoms with E-state index in [2.05, 4.69) is 20.3 Å². The molecule has 1 amide bonds. The molecule has 2 aromatic rings. The van der Waals surface area contributed by atoms with Crippen LogP contribution in [-0.2, 0) is 0 Å². The molecule has 0 aliphatic rings. The second-order valence-electron chi connectivity index (χ2n) is 3.50. The number of amides is 1. The third-order valence-electron chi connectivity index (χ3n) is 2.09. The molecule has 0 aliphatic heterocycles. The molecule has 0 aliphatic carbocycles. The van der Waals surface area contributed by atoms with Crippen molar-refractivity contribution in [2.45, 2.75) is 10.4 Å². The first-order valence-corrected chi connectivity index (χ1v) is 5.92. The van der Waals surface area contributed by atoms with E-state index in [1.165, 1.54) is 24.3 Å². The minimum atomic E-state index is -4.46. The molecule has 6 nitrogen and oxygen atoms in total. The fourth-order valence-electron chi connectivity index (χ4n) is 1.32. The van der Waals surface area contributed by atoms with Gasteiger partial charge in [-0.05, 0) is 34.2 Å². The molecular weight excluding hydrogens is 297 g/mol. The maximum absolute atomic E-state index is 12.4. The van der Waals surface area contributed by atoms with E-state index in [-0.39, 0.29) is 33.9 Å². The summed E-state index contributed by atoms with van der Waals surface area (Å²) in [7, 11) is 0. The largest absolute Gasteiger partial charge is 0.446 e. The lowest BCUT2D eigenvalue weighted by Gasteiger charge is -2.11. The zero-order valence-electron chi connectivity index (χ0n) is 9.64. The monoisotopic (exact) mass is 304 g/mol. The summed E-state index contributed by atoms with van der Waals surface area (Å²) in [5.74, 6) is -1.05. The lowest BCUT2D eigenvalue weighted by atomic mass is 10.3. The summed E-state index contributed by atoms with van der Waals surface area (Å²) in [5.41, 5.74) is 0.552. The van der Waals surface area contributed by atoms with Crippen LogP contribution < -0.4 is 11.1 Å². The van der Waals surface area contributed by atoms with Gasteiger partial charge in [0.2, 0.25) is 11.5 Å². The van der Waals surface area contributed by atoms with Crippen molar-refractivity contribution in [3.63, 3.8) is 0 Å². The summed E-state index contributed by atoms with van der Waals surface area (Å²) < 4.78 is 41.4. The van der Waals surface area contributed by atoms with Crippen molar-refractivity contribution < 1.29 is 22.6 Å². The highest BCUT2D eigenvalue weighted by molar-refractivity contribution is 8.00. The highest BCUT2D eigenvalue weighted by atomic mass is 32.2. The molecule has 3 N–H and O–H groups in total. The number of para-hydroxylation sites is 1. The van der Waals surface area contributed by atoms with Gasteiger partial charge in [0.1, 0.15) is 0 Å². The van der Waals surface area contributed by atoms with Crippen molar-refractivity contribution in [3.8, 4) is 0 Å². The first kappa shape index (κ1) is 14.2. The fraction of sp³-hybridized carbons (Fsp3) is 0.100. The number of nitrogens with one attached hydrogen (secondary N) is 1. The maximum Gasteiger partial charge on any atom is 0.446 e. The molecule has 1 aromatic carbocycles. The molecule has 0 spiro atoms. The van der Waals surface area contributed by atoms with Crippen LogP contribution in [0.3, 0.4) is 0 Å². The summed E-state index contributed by atoms with van der Waals surface area (Å²) in [5, 5.41) is 8.74. The molecule has 2 rings (SSSR count). The second-order valence-corrected chi connectivity index (χ2v) is 4.60. The van der Waals surface area contributed by atoms with Crippen LogP contribution in [0.4, 0.5) is 24.7 Å². The van der Waals surface area contributed by atoms with Gasteiger partial charge in [-0.2, -0.15) is 13.2 Å². The summed E-state index contributed by atoms with van der Waals surface area (Å²) in [6.07, 6.45) is 0.